The van der Waals surface area contributed by atoms with E-state index in [0.717, 1.165) is 12.8 Å². The first-order chi connectivity index (χ1) is 11.7. The minimum absolute atomic E-state index is 0.0707. The normalized spacial score (nSPS) is 17.8. The molecule has 2 rings (SSSR count). The number of hydrogen-bond acceptors (Lipinski definition) is 3. The molecular formula is C19H27N3O3. The van der Waals surface area contributed by atoms with E-state index >= 15 is 0 Å². The maximum Gasteiger partial charge on any atom is 0.229 e. The first kappa shape index (κ1) is 19.0. The van der Waals surface area contributed by atoms with Crippen molar-refractivity contribution in [2.45, 2.75) is 40.5 Å². The summed E-state index contributed by atoms with van der Waals surface area (Å²) in [5, 5.41) is 5.59. The Balaban J connectivity index is 1.96. The SMILES string of the molecule is CC(=O)Nc1ccc(NC(=O)[C@H]2CCCN(C(=O)C(C)(C)C)C2)cc1. The van der Waals surface area contributed by atoms with Gasteiger partial charge in [-0.1, -0.05) is 20.8 Å². The molecule has 0 saturated carbocycles. The van der Waals surface area contributed by atoms with Gasteiger partial charge in [0.15, 0.2) is 0 Å². The van der Waals surface area contributed by atoms with Gasteiger partial charge in [0.1, 0.15) is 0 Å². The van der Waals surface area contributed by atoms with Crippen molar-refractivity contribution in [1.29, 1.82) is 0 Å². The number of nitrogens with one attached hydrogen (secondary N) is 2. The van der Waals surface area contributed by atoms with Crippen molar-refractivity contribution in [2.75, 3.05) is 23.7 Å². The number of anilines is 2. The van der Waals surface area contributed by atoms with Crippen LogP contribution in [0.3, 0.4) is 0 Å². The van der Waals surface area contributed by atoms with Crippen LogP contribution in [0.4, 0.5) is 11.4 Å². The van der Waals surface area contributed by atoms with E-state index in [1.165, 1.54) is 6.92 Å². The molecule has 2 N–H and O–H groups in total. The monoisotopic (exact) mass is 345 g/mol. The summed E-state index contributed by atoms with van der Waals surface area (Å²) in [5.41, 5.74) is 0.932. The van der Waals surface area contributed by atoms with Crippen LogP contribution in [-0.4, -0.2) is 35.7 Å². The quantitative estimate of drug-likeness (QED) is 0.884. The van der Waals surface area contributed by atoms with Gasteiger partial charge in [-0.3, -0.25) is 14.4 Å². The molecule has 6 nitrogen and oxygen atoms in total. The molecule has 0 unspecified atom stereocenters. The summed E-state index contributed by atoms with van der Waals surface area (Å²) in [7, 11) is 0. The second kappa shape index (κ2) is 7.68. The molecule has 0 aliphatic carbocycles. The largest absolute Gasteiger partial charge is 0.341 e. The minimum atomic E-state index is -0.433. The Morgan fingerprint density at radius 2 is 1.60 bits per heavy atom. The average molecular weight is 345 g/mol. The van der Waals surface area contributed by atoms with E-state index in [-0.39, 0.29) is 23.6 Å². The van der Waals surface area contributed by atoms with Crippen LogP contribution >= 0.6 is 0 Å². The number of carbonyl (C=O) groups excluding carboxylic acids is 3. The van der Waals surface area contributed by atoms with Crippen LogP contribution in [0.15, 0.2) is 24.3 Å². The lowest BCUT2D eigenvalue weighted by Gasteiger charge is -2.35. The molecule has 136 valence electrons. The van der Waals surface area contributed by atoms with Gasteiger partial charge in [-0.05, 0) is 37.1 Å². The lowest BCUT2D eigenvalue weighted by molar-refractivity contribution is -0.142. The van der Waals surface area contributed by atoms with Gasteiger partial charge in [-0.25, -0.2) is 0 Å². The van der Waals surface area contributed by atoms with Gasteiger partial charge in [0.2, 0.25) is 17.7 Å². The van der Waals surface area contributed by atoms with Crippen LogP contribution in [0.5, 0.6) is 0 Å². The third kappa shape index (κ3) is 5.31. The smallest absolute Gasteiger partial charge is 0.229 e. The van der Waals surface area contributed by atoms with Crippen molar-refractivity contribution in [3.05, 3.63) is 24.3 Å². The fraction of sp³-hybridized carbons (Fsp3) is 0.526. The van der Waals surface area contributed by atoms with Crippen molar-refractivity contribution < 1.29 is 14.4 Å². The van der Waals surface area contributed by atoms with E-state index < -0.39 is 5.41 Å². The first-order valence-electron chi connectivity index (χ1n) is 8.64. The highest BCUT2D eigenvalue weighted by molar-refractivity contribution is 5.94. The Morgan fingerprint density at radius 3 is 2.12 bits per heavy atom. The Labute approximate surface area is 149 Å². The average Bonchev–Trinajstić information content (AvgIpc) is 2.54. The highest BCUT2D eigenvalue weighted by atomic mass is 16.2. The van der Waals surface area contributed by atoms with E-state index in [2.05, 4.69) is 10.6 Å². The van der Waals surface area contributed by atoms with Crippen LogP contribution in [0, 0.1) is 11.3 Å². The fourth-order valence-electron chi connectivity index (χ4n) is 2.93. The van der Waals surface area contributed by atoms with Gasteiger partial charge < -0.3 is 15.5 Å². The number of benzene rings is 1. The topological polar surface area (TPSA) is 78.5 Å². The first-order valence-corrected chi connectivity index (χ1v) is 8.64. The standard InChI is InChI=1S/C19H27N3O3/c1-13(23)20-15-7-9-16(10-8-15)21-17(24)14-6-5-11-22(12-14)18(25)19(2,3)4/h7-10,14H,5-6,11-12H2,1-4H3,(H,20,23)(H,21,24)/t14-/m0/s1. The Hall–Kier alpha value is -2.37. The molecule has 1 aliphatic heterocycles. The van der Waals surface area contributed by atoms with Gasteiger partial charge in [0, 0.05) is 36.8 Å². The summed E-state index contributed by atoms with van der Waals surface area (Å²) in [6.45, 7) is 8.32. The van der Waals surface area contributed by atoms with Crippen molar-refractivity contribution in [1.82, 2.24) is 4.90 Å². The van der Waals surface area contributed by atoms with Crippen LogP contribution in [-0.2, 0) is 14.4 Å². The van der Waals surface area contributed by atoms with Crippen molar-refractivity contribution >= 4 is 29.1 Å². The lowest BCUT2D eigenvalue weighted by Crippen LogP contribution is -2.47. The van der Waals surface area contributed by atoms with E-state index in [9.17, 15) is 14.4 Å². The minimum Gasteiger partial charge on any atom is -0.341 e. The summed E-state index contributed by atoms with van der Waals surface area (Å²) in [6, 6.07) is 6.99. The highest BCUT2D eigenvalue weighted by Gasteiger charge is 2.33. The van der Waals surface area contributed by atoms with Gasteiger partial charge >= 0.3 is 0 Å². The third-order valence-electron chi connectivity index (χ3n) is 4.19. The van der Waals surface area contributed by atoms with Crippen LogP contribution < -0.4 is 10.6 Å². The van der Waals surface area contributed by atoms with Crippen LogP contribution in [0.2, 0.25) is 0 Å². The lowest BCUT2D eigenvalue weighted by atomic mass is 9.91. The number of carbonyl (C=O) groups is 3. The van der Waals surface area contributed by atoms with E-state index in [0.29, 0.717) is 24.5 Å². The zero-order valence-electron chi connectivity index (χ0n) is 15.4. The zero-order valence-corrected chi connectivity index (χ0v) is 15.4. The molecule has 1 aromatic carbocycles. The number of nitrogens with zero attached hydrogens (tertiary/aromatic N) is 1. The number of rotatable bonds is 3. The molecule has 3 amide bonds. The van der Waals surface area contributed by atoms with Crippen LogP contribution in [0.1, 0.15) is 40.5 Å². The number of hydrogen-bond donors (Lipinski definition) is 2. The predicted octanol–water partition coefficient (Wildman–Crippen LogP) is 2.87. The van der Waals surface area contributed by atoms with E-state index in [1.807, 2.05) is 20.8 Å². The summed E-state index contributed by atoms with van der Waals surface area (Å²) in [5.74, 6) is -0.319. The number of amides is 3. The molecule has 25 heavy (non-hydrogen) atoms. The van der Waals surface area contributed by atoms with Gasteiger partial charge in [-0.15, -0.1) is 0 Å². The van der Waals surface area contributed by atoms with Crippen molar-refractivity contribution in [3.63, 3.8) is 0 Å². The number of likely N-dealkylation sites (tertiary alicyclic amines) is 1. The molecule has 0 radical (unpaired) electrons. The molecule has 0 bridgehead atoms. The Kier molecular flexibility index (Phi) is 5.82. The molecule has 6 heteroatoms. The van der Waals surface area contributed by atoms with Gasteiger partial charge in [0.25, 0.3) is 0 Å². The number of piperidine rings is 1. The molecule has 1 aromatic rings. The van der Waals surface area contributed by atoms with Gasteiger partial charge in [0.05, 0.1) is 5.92 Å². The maximum absolute atomic E-state index is 12.5. The van der Waals surface area contributed by atoms with Gasteiger partial charge in [-0.2, -0.15) is 0 Å². The summed E-state index contributed by atoms with van der Waals surface area (Å²) < 4.78 is 0. The summed E-state index contributed by atoms with van der Waals surface area (Å²) in [4.78, 5) is 37.8. The molecule has 1 fully saturated rings. The second-order valence-corrected chi connectivity index (χ2v) is 7.59. The van der Waals surface area contributed by atoms with E-state index in [1.54, 1.807) is 29.2 Å². The maximum atomic E-state index is 12.5. The van der Waals surface area contributed by atoms with Crippen molar-refractivity contribution in [2.24, 2.45) is 11.3 Å². The Morgan fingerprint density at radius 1 is 1.04 bits per heavy atom. The van der Waals surface area contributed by atoms with E-state index in [4.69, 9.17) is 0 Å². The Bertz CT molecular complexity index is 647. The third-order valence-corrected chi connectivity index (χ3v) is 4.19. The predicted molar refractivity (Wildman–Crippen MR) is 98.1 cm³/mol. The highest BCUT2D eigenvalue weighted by Crippen LogP contribution is 2.24. The molecule has 0 aromatic heterocycles. The van der Waals surface area contributed by atoms with Crippen LogP contribution in [0.25, 0.3) is 0 Å². The molecular weight excluding hydrogens is 318 g/mol. The molecule has 1 atom stereocenters. The summed E-state index contributed by atoms with van der Waals surface area (Å²) >= 11 is 0. The second-order valence-electron chi connectivity index (χ2n) is 7.59. The molecule has 1 aliphatic rings. The summed E-state index contributed by atoms with van der Waals surface area (Å²) in [6.07, 6.45) is 1.62. The zero-order chi connectivity index (χ0) is 18.6. The molecule has 1 heterocycles. The van der Waals surface area contributed by atoms with Crippen molar-refractivity contribution in [3.8, 4) is 0 Å². The molecule has 0 spiro atoms. The molecule has 1 saturated heterocycles. The fourth-order valence-corrected chi connectivity index (χ4v) is 2.93.